The average Bonchev–Trinajstić information content (AvgIpc) is 1.84. The lowest BCUT2D eigenvalue weighted by Gasteiger charge is -2.26. The van der Waals surface area contributed by atoms with Crippen LogP contribution >= 0.6 is 0 Å². The molecule has 0 aromatic heterocycles. The average molecular weight is 146 g/mol. The van der Waals surface area contributed by atoms with Crippen LogP contribution in [-0.4, -0.2) is 49.2 Å². The van der Waals surface area contributed by atoms with Gasteiger partial charge < -0.3 is 0 Å². The molecular weight excluding hydrogens is 132 g/mol. The van der Waals surface area contributed by atoms with E-state index in [0.29, 0.717) is 0 Å². The van der Waals surface area contributed by atoms with Crippen LogP contribution in [0.3, 0.4) is 0 Å². The Morgan fingerprint density at radius 3 is 1.70 bits per heavy atom. The quantitative estimate of drug-likeness (QED) is 0.303. The molecule has 2 N–H and O–H groups in total. The van der Waals surface area contributed by atoms with Crippen LogP contribution in [0.4, 0.5) is 4.79 Å². The van der Waals surface area contributed by atoms with Crippen LogP contribution < -0.4 is 5.84 Å². The zero-order valence-electron chi connectivity index (χ0n) is 6.83. The largest absolute Gasteiger partial charge is 0.348 e. The highest BCUT2D eigenvalue weighted by Crippen LogP contribution is 1.89. The first-order valence-corrected chi connectivity index (χ1v) is 2.90. The van der Waals surface area contributed by atoms with Gasteiger partial charge in [0.25, 0.3) is 0 Å². The van der Waals surface area contributed by atoms with Crippen LogP contribution in [0.25, 0.3) is 0 Å². The van der Waals surface area contributed by atoms with Gasteiger partial charge in [0.05, 0.1) is 0 Å². The highest BCUT2D eigenvalue weighted by molar-refractivity contribution is 5.72. The molecular formula is C5H14N4O. The maximum atomic E-state index is 11.0. The second kappa shape index (κ2) is 3.38. The first kappa shape index (κ1) is 9.19. The highest BCUT2D eigenvalue weighted by atomic mass is 16.2. The Bertz CT molecular complexity index is 123. The summed E-state index contributed by atoms with van der Waals surface area (Å²) in [6.07, 6.45) is 0. The molecule has 5 heteroatoms. The van der Waals surface area contributed by atoms with Gasteiger partial charge in [-0.25, -0.2) is 15.6 Å². The van der Waals surface area contributed by atoms with Crippen molar-refractivity contribution >= 4 is 6.03 Å². The minimum absolute atomic E-state index is 0.245. The van der Waals surface area contributed by atoms with Gasteiger partial charge in [-0.05, 0) is 0 Å². The maximum absolute atomic E-state index is 11.0. The standard InChI is InChI=1S/C5H14N4O/c1-7(2)9(4)5(10)8(3)6/h6H2,1-4H3. The Morgan fingerprint density at radius 2 is 1.60 bits per heavy atom. The number of nitrogens with zero attached hydrogens (tertiary/aromatic N) is 3. The highest BCUT2D eigenvalue weighted by Gasteiger charge is 2.11. The van der Waals surface area contributed by atoms with Crippen molar-refractivity contribution in [3.63, 3.8) is 0 Å². The zero-order chi connectivity index (χ0) is 8.31. The summed E-state index contributed by atoms with van der Waals surface area (Å²) in [5.74, 6) is 5.19. The summed E-state index contributed by atoms with van der Waals surface area (Å²) in [6, 6.07) is -0.245. The first-order valence-electron chi connectivity index (χ1n) is 2.90. The van der Waals surface area contributed by atoms with Crippen LogP contribution in [-0.2, 0) is 0 Å². The van der Waals surface area contributed by atoms with E-state index in [-0.39, 0.29) is 6.03 Å². The number of carbonyl (C=O) groups excluding carboxylic acids is 1. The van der Waals surface area contributed by atoms with E-state index in [1.807, 2.05) is 0 Å². The Kier molecular flexibility index (Phi) is 3.11. The Hall–Kier alpha value is -0.810. The summed E-state index contributed by atoms with van der Waals surface area (Å²) < 4.78 is 0. The van der Waals surface area contributed by atoms with Gasteiger partial charge in [-0.1, -0.05) is 0 Å². The van der Waals surface area contributed by atoms with E-state index in [1.165, 1.54) is 12.1 Å². The summed E-state index contributed by atoms with van der Waals surface area (Å²) >= 11 is 0. The molecule has 0 atom stereocenters. The van der Waals surface area contributed by atoms with Crippen LogP contribution in [0.5, 0.6) is 0 Å². The minimum atomic E-state index is -0.245. The van der Waals surface area contributed by atoms with Crippen LogP contribution in [0.2, 0.25) is 0 Å². The van der Waals surface area contributed by atoms with Crippen molar-refractivity contribution < 1.29 is 4.79 Å². The van der Waals surface area contributed by atoms with Gasteiger partial charge in [0.15, 0.2) is 0 Å². The van der Waals surface area contributed by atoms with Gasteiger partial charge in [-0.15, -0.1) is 0 Å². The van der Waals surface area contributed by atoms with Gasteiger partial charge in [0.1, 0.15) is 0 Å². The smallest absolute Gasteiger partial charge is 0.264 e. The van der Waals surface area contributed by atoms with Crippen molar-refractivity contribution in [2.45, 2.75) is 0 Å². The maximum Gasteiger partial charge on any atom is 0.348 e. The second-order valence-corrected chi connectivity index (χ2v) is 2.26. The van der Waals surface area contributed by atoms with Crippen LogP contribution in [0, 0.1) is 0 Å². The molecule has 10 heavy (non-hydrogen) atoms. The molecule has 0 aliphatic carbocycles. The zero-order valence-corrected chi connectivity index (χ0v) is 6.83. The number of rotatable bonds is 1. The second-order valence-electron chi connectivity index (χ2n) is 2.26. The molecule has 0 unspecified atom stereocenters. The third kappa shape index (κ3) is 2.20. The molecule has 0 radical (unpaired) electrons. The van der Waals surface area contributed by atoms with Crippen molar-refractivity contribution in [1.29, 1.82) is 0 Å². The normalized spacial score (nSPS) is 9.80. The topological polar surface area (TPSA) is 52.8 Å². The molecule has 0 saturated heterocycles. The van der Waals surface area contributed by atoms with Crippen molar-refractivity contribution in [2.24, 2.45) is 5.84 Å². The first-order chi connectivity index (χ1) is 4.46. The molecule has 0 spiro atoms. The number of hydrogen-bond donors (Lipinski definition) is 1. The van der Waals surface area contributed by atoms with E-state index in [1.54, 1.807) is 26.2 Å². The van der Waals surface area contributed by atoms with Gasteiger partial charge >= 0.3 is 6.03 Å². The van der Waals surface area contributed by atoms with Crippen LogP contribution in [0.1, 0.15) is 0 Å². The molecule has 0 aromatic rings. The molecule has 2 amide bonds. The fraction of sp³-hybridized carbons (Fsp3) is 0.800. The lowest BCUT2D eigenvalue weighted by molar-refractivity contribution is 0.0672. The summed E-state index contributed by atoms with van der Waals surface area (Å²) in [6.45, 7) is 0. The molecule has 0 aromatic carbocycles. The number of nitrogens with two attached hydrogens (primary N) is 1. The predicted molar refractivity (Wildman–Crippen MR) is 38.8 cm³/mol. The fourth-order valence-corrected chi connectivity index (χ4v) is 0.399. The number of hydrazine groups is 2. The Balaban J connectivity index is 3.95. The van der Waals surface area contributed by atoms with Crippen molar-refractivity contribution in [2.75, 3.05) is 28.2 Å². The molecule has 5 nitrogen and oxygen atoms in total. The number of amides is 2. The summed E-state index contributed by atoms with van der Waals surface area (Å²) in [5.41, 5.74) is 0. The lowest BCUT2D eigenvalue weighted by Crippen LogP contribution is -2.48. The van der Waals surface area contributed by atoms with Crippen molar-refractivity contribution in [3.05, 3.63) is 0 Å². The van der Waals surface area contributed by atoms with E-state index in [4.69, 9.17) is 5.84 Å². The monoisotopic (exact) mass is 146 g/mol. The van der Waals surface area contributed by atoms with Crippen LogP contribution in [0.15, 0.2) is 0 Å². The molecule has 0 fully saturated rings. The van der Waals surface area contributed by atoms with E-state index >= 15 is 0 Å². The third-order valence-corrected chi connectivity index (χ3v) is 1.18. The van der Waals surface area contributed by atoms with Gasteiger partial charge in [0, 0.05) is 28.2 Å². The fourth-order valence-electron chi connectivity index (χ4n) is 0.399. The SMILES string of the molecule is CN(N)C(=O)N(C)N(C)C. The Morgan fingerprint density at radius 1 is 1.20 bits per heavy atom. The number of urea groups is 1. The molecule has 0 rings (SSSR count). The van der Waals surface area contributed by atoms with Gasteiger partial charge in [-0.2, -0.15) is 0 Å². The molecule has 60 valence electrons. The predicted octanol–water partition coefficient (Wildman–Crippen LogP) is -0.680. The molecule has 0 aliphatic heterocycles. The van der Waals surface area contributed by atoms with Gasteiger partial charge in [-0.3, -0.25) is 10.0 Å². The number of hydrogen-bond acceptors (Lipinski definition) is 3. The molecule has 0 heterocycles. The summed E-state index contributed by atoms with van der Waals surface area (Å²) in [7, 11) is 6.68. The summed E-state index contributed by atoms with van der Waals surface area (Å²) in [5, 5.41) is 4.08. The van der Waals surface area contributed by atoms with E-state index in [2.05, 4.69) is 0 Å². The molecule has 0 bridgehead atoms. The third-order valence-electron chi connectivity index (χ3n) is 1.18. The number of carbonyl (C=O) groups is 1. The molecule has 0 aliphatic rings. The Labute approximate surface area is 60.9 Å². The van der Waals surface area contributed by atoms with E-state index in [0.717, 1.165) is 5.01 Å². The summed E-state index contributed by atoms with van der Waals surface area (Å²) in [4.78, 5) is 11.0. The molecule has 0 saturated carbocycles. The minimum Gasteiger partial charge on any atom is -0.264 e. The lowest BCUT2D eigenvalue weighted by atomic mass is 10.8. The van der Waals surface area contributed by atoms with Crippen molar-refractivity contribution in [1.82, 2.24) is 15.0 Å². The van der Waals surface area contributed by atoms with E-state index < -0.39 is 0 Å². The van der Waals surface area contributed by atoms with Gasteiger partial charge in [0.2, 0.25) is 0 Å². The van der Waals surface area contributed by atoms with Crippen molar-refractivity contribution in [3.8, 4) is 0 Å². The van der Waals surface area contributed by atoms with E-state index in [9.17, 15) is 4.79 Å².